The van der Waals surface area contributed by atoms with Crippen molar-refractivity contribution in [2.75, 3.05) is 11.9 Å². The van der Waals surface area contributed by atoms with E-state index in [9.17, 15) is 4.39 Å². The summed E-state index contributed by atoms with van der Waals surface area (Å²) in [6.45, 7) is 6.42. The van der Waals surface area contributed by atoms with Gasteiger partial charge in [0.05, 0.1) is 6.20 Å². The molecule has 1 aliphatic heterocycles. The van der Waals surface area contributed by atoms with Gasteiger partial charge in [0.25, 0.3) is 0 Å². The minimum absolute atomic E-state index is 0.269. The summed E-state index contributed by atoms with van der Waals surface area (Å²) in [6.07, 6.45) is 2.09. The zero-order valence-corrected chi connectivity index (χ0v) is 7.52. The van der Waals surface area contributed by atoms with Gasteiger partial charge >= 0.3 is 0 Å². The smallest absolute Gasteiger partial charge is 0.149 e. The Morgan fingerprint density at radius 2 is 2.46 bits per heavy atom. The van der Waals surface area contributed by atoms with Crippen LogP contribution in [0.2, 0.25) is 0 Å². The fourth-order valence-corrected chi connectivity index (χ4v) is 1.69. The molecule has 0 bridgehead atoms. The molecule has 0 fully saturated rings. The molecule has 13 heavy (non-hydrogen) atoms. The Morgan fingerprint density at radius 1 is 1.69 bits per heavy atom. The van der Waals surface area contributed by atoms with Crippen LogP contribution < -0.4 is 5.32 Å². The van der Waals surface area contributed by atoms with Gasteiger partial charge in [-0.3, -0.25) is 0 Å². The predicted octanol–water partition coefficient (Wildman–Crippen LogP) is 2.22. The van der Waals surface area contributed by atoms with E-state index in [0.29, 0.717) is 5.56 Å². The van der Waals surface area contributed by atoms with Crippen LogP contribution >= 0.6 is 0 Å². The van der Waals surface area contributed by atoms with E-state index in [1.807, 2.05) is 6.92 Å². The van der Waals surface area contributed by atoms with Crippen molar-refractivity contribution < 1.29 is 4.39 Å². The highest BCUT2D eigenvalue weighted by molar-refractivity contribution is 5.70. The third-order valence-electron chi connectivity index (χ3n) is 2.23. The van der Waals surface area contributed by atoms with Gasteiger partial charge in [-0.15, -0.1) is 0 Å². The number of nitrogens with zero attached hydrogens (tertiary/aromatic N) is 1. The Labute approximate surface area is 76.5 Å². The van der Waals surface area contributed by atoms with E-state index < -0.39 is 0 Å². The lowest BCUT2D eigenvalue weighted by molar-refractivity contribution is 0.616. The van der Waals surface area contributed by atoms with Crippen LogP contribution in [0.5, 0.6) is 0 Å². The Bertz CT molecular complexity index is 371. The summed E-state index contributed by atoms with van der Waals surface area (Å²) < 4.78 is 13.3. The topological polar surface area (TPSA) is 24.9 Å². The zero-order chi connectivity index (χ0) is 9.42. The molecule has 1 aromatic rings. The van der Waals surface area contributed by atoms with Gasteiger partial charge in [-0.05, 0) is 18.9 Å². The summed E-state index contributed by atoms with van der Waals surface area (Å²) in [5.74, 6) is 0.536. The first-order valence-corrected chi connectivity index (χ1v) is 4.27. The summed E-state index contributed by atoms with van der Waals surface area (Å²) >= 11 is 0. The Hall–Kier alpha value is -1.38. The predicted molar refractivity (Wildman–Crippen MR) is 51.1 cm³/mol. The molecule has 2 rings (SSSR count). The van der Waals surface area contributed by atoms with Crippen molar-refractivity contribution in [3.05, 3.63) is 29.7 Å². The summed E-state index contributed by atoms with van der Waals surface area (Å²) in [5.41, 5.74) is 2.36. The molecule has 0 radical (unpaired) electrons. The maximum atomic E-state index is 13.3. The van der Waals surface area contributed by atoms with Crippen molar-refractivity contribution in [2.24, 2.45) is 0 Å². The number of rotatable bonds is 1. The van der Waals surface area contributed by atoms with Gasteiger partial charge in [0.1, 0.15) is 11.6 Å². The molecule has 2 heterocycles. The summed E-state index contributed by atoms with van der Waals surface area (Å²) in [5, 5.41) is 3.10. The summed E-state index contributed by atoms with van der Waals surface area (Å²) in [4.78, 5) is 3.97. The third kappa shape index (κ3) is 1.20. The molecule has 2 nitrogen and oxygen atoms in total. The van der Waals surface area contributed by atoms with Crippen molar-refractivity contribution in [1.29, 1.82) is 0 Å². The first-order valence-electron chi connectivity index (χ1n) is 4.27. The van der Waals surface area contributed by atoms with E-state index in [-0.39, 0.29) is 5.82 Å². The lowest BCUT2D eigenvalue weighted by Crippen LogP contribution is -1.96. The minimum atomic E-state index is -0.269. The Kier molecular flexibility index (Phi) is 1.79. The van der Waals surface area contributed by atoms with E-state index >= 15 is 0 Å². The normalized spacial score (nSPS) is 13.7. The second kappa shape index (κ2) is 2.83. The molecular formula is C10H11FN2. The maximum absolute atomic E-state index is 13.3. The van der Waals surface area contributed by atoms with E-state index in [4.69, 9.17) is 0 Å². The summed E-state index contributed by atoms with van der Waals surface area (Å²) in [7, 11) is 0. The van der Waals surface area contributed by atoms with Crippen molar-refractivity contribution in [2.45, 2.75) is 13.3 Å². The van der Waals surface area contributed by atoms with Crippen LogP contribution in [-0.2, 0) is 6.42 Å². The van der Waals surface area contributed by atoms with Gasteiger partial charge in [0, 0.05) is 17.7 Å². The van der Waals surface area contributed by atoms with Gasteiger partial charge in [-0.1, -0.05) is 6.58 Å². The van der Waals surface area contributed by atoms with Crippen molar-refractivity contribution in [3.8, 4) is 0 Å². The first kappa shape index (κ1) is 8.23. The van der Waals surface area contributed by atoms with Gasteiger partial charge in [-0.25, -0.2) is 9.37 Å². The molecule has 0 amide bonds. The molecule has 1 N–H and O–H groups in total. The second-order valence-electron chi connectivity index (χ2n) is 3.27. The van der Waals surface area contributed by atoms with Crippen LogP contribution in [0.3, 0.4) is 0 Å². The largest absolute Gasteiger partial charge is 0.369 e. The average Bonchev–Trinajstić information content (AvgIpc) is 2.50. The Morgan fingerprint density at radius 3 is 3.15 bits per heavy atom. The number of nitrogens with one attached hydrogen (secondary N) is 1. The molecule has 0 saturated carbocycles. The van der Waals surface area contributed by atoms with E-state index in [1.165, 1.54) is 6.20 Å². The summed E-state index contributed by atoms with van der Waals surface area (Å²) in [6, 6.07) is 0. The third-order valence-corrected chi connectivity index (χ3v) is 2.23. The molecule has 3 heteroatoms. The maximum Gasteiger partial charge on any atom is 0.149 e. The molecular weight excluding hydrogens is 167 g/mol. The van der Waals surface area contributed by atoms with E-state index in [2.05, 4.69) is 16.9 Å². The van der Waals surface area contributed by atoms with Gasteiger partial charge in [0.2, 0.25) is 0 Å². The number of allylic oxidation sites excluding steroid dienone is 1. The van der Waals surface area contributed by atoms with Gasteiger partial charge < -0.3 is 5.32 Å². The fourth-order valence-electron chi connectivity index (χ4n) is 1.69. The monoisotopic (exact) mass is 178 g/mol. The number of pyridine rings is 1. The number of halogens is 1. The molecule has 1 aliphatic rings. The molecule has 0 atom stereocenters. The number of hydrogen-bond donors (Lipinski definition) is 1. The molecule has 0 saturated heterocycles. The lowest BCUT2D eigenvalue weighted by Gasteiger charge is -2.07. The van der Waals surface area contributed by atoms with Crippen LogP contribution in [0.25, 0.3) is 5.57 Å². The highest BCUT2D eigenvalue weighted by Crippen LogP contribution is 2.29. The fraction of sp³-hybridized carbons (Fsp3) is 0.300. The van der Waals surface area contributed by atoms with Crippen LogP contribution in [0.15, 0.2) is 12.8 Å². The van der Waals surface area contributed by atoms with Crippen molar-refractivity contribution in [1.82, 2.24) is 4.98 Å². The molecule has 0 aliphatic carbocycles. The standard InChI is InChI=1S/C10H11FN2/c1-6(2)9-7-3-4-12-10(7)13-5-8(9)11/h5H,1,3-4H2,2H3,(H,12,13). The van der Waals surface area contributed by atoms with Crippen LogP contribution in [0.4, 0.5) is 10.2 Å². The van der Waals surface area contributed by atoms with Crippen molar-refractivity contribution in [3.63, 3.8) is 0 Å². The van der Waals surface area contributed by atoms with Crippen LogP contribution in [0.1, 0.15) is 18.1 Å². The Balaban J connectivity index is 2.65. The number of fused-ring (bicyclic) bond motifs is 1. The van der Waals surface area contributed by atoms with Gasteiger partial charge in [-0.2, -0.15) is 0 Å². The van der Waals surface area contributed by atoms with Crippen molar-refractivity contribution >= 4 is 11.4 Å². The molecule has 0 unspecified atom stereocenters. The second-order valence-corrected chi connectivity index (χ2v) is 3.27. The van der Waals surface area contributed by atoms with E-state index in [0.717, 1.165) is 29.9 Å². The highest BCUT2D eigenvalue weighted by atomic mass is 19.1. The van der Waals surface area contributed by atoms with Crippen LogP contribution in [-0.4, -0.2) is 11.5 Å². The minimum Gasteiger partial charge on any atom is -0.369 e. The highest BCUT2D eigenvalue weighted by Gasteiger charge is 2.18. The molecule has 68 valence electrons. The first-order chi connectivity index (χ1) is 6.20. The quantitative estimate of drug-likeness (QED) is 0.713. The number of anilines is 1. The molecule has 1 aromatic heterocycles. The number of aromatic nitrogens is 1. The zero-order valence-electron chi connectivity index (χ0n) is 7.52. The SMILES string of the molecule is C=C(C)c1c(F)cnc2c1CCN2. The van der Waals surface area contributed by atoms with Crippen LogP contribution in [0, 0.1) is 5.82 Å². The van der Waals surface area contributed by atoms with E-state index in [1.54, 1.807) is 0 Å². The lowest BCUT2D eigenvalue weighted by atomic mass is 10.0. The molecule has 0 spiro atoms. The number of hydrogen-bond acceptors (Lipinski definition) is 2. The van der Waals surface area contributed by atoms with Gasteiger partial charge in [0.15, 0.2) is 0 Å². The average molecular weight is 178 g/mol. The molecule has 0 aromatic carbocycles.